The first-order valence-electron chi connectivity index (χ1n) is 10.9. The van der Waals surface area contributed by atoms with Crippen LogP contribution < -0.4 is 25.0 Å². The van der Waals surface area contributed by atoms with Gasteiger partial charge in [-0.3, -0.25) is 9.59 Å². The summed E-state index contributed by atoms with van der Waals surface area (Å²) >= 11 is 3.29. The molecule has 0 saturated carbocycles. The minimum atomic E-state index is -0.546. The normalized spacial score (nSPS) is 10.5. The maximum Gasteiger partial charge on any atom is 0.343 e. The second-order valence-electron chi connectivity index (χ2n) is 7.24. The number of esters is 1. The number of carbonyl (C=O) groups is 3. The quantitative estimate of drug-likeness (QED) is 0.170. The molecule has 36 heavy (non-hydrogen) atoms. The number of hydrogen-bond acceptors (Lipinski definition) is 7. The van der Waals surface area contributed by atoms with Crippen molar-refractivity contribution in [3.8, 4) is 17.2 Å². The Morgan fingerprint density at radius 1 is 0.972 bits per heavy atom. The Balaban J connectivity index is 1.53. The highest BCUT2D eigenvalue weighted by atomic mass is 79.9. The van der Waals surface area contributed by atoms with Gasteiger partial charge in [0.2, 0.25) is 0 Å². The number of nitrogens with zero attached hydrogens (tertiary/aromatic N) is 1. The minimum Gasteiger partial charge on any atom is -0.494 e. The summed E-state index contributed by atoms with van der Waals surface area (Å²) in [5.74, 6) is -0.221. The molecule has 3 aromatic carbocycles. The molecule has 186 valence electrons. The first-order chi connectivity index (χ1) is 17.4. The van der Waals surface area contributed by atoms with E-state index in [4.69, 9.17) is 14.2 Å². The van der Waals surface area contributed by atoms with Crippen molar-refractivity contribution in [1.82, 2.24) is 10.7 Å². The third kappa shape index (κ3) is 7.67. The highest BCUT2D eigenvalue weighted by molar-refractivity contribution is 9.10. The van der Waals surface area contributed by atoms with Gasteiger partial charge in [0.25, 0.3) is 11.8 Å². The van der Waals surface area contributed by atoms with Crippen LogP contribution in [0.3, 0.4) is 0 Å². The fourth-order valence-corrected chi connectivity index (χ4v) is 3.37. The van der Waals surface area contributed by atoms with E-state index in [0.717, 1.165) is 4.47 Å². The Labute approximate surface area is 216 Å². The Morgan fingerprint density at radius 3 is 2.44 bits per heavy atom. The largest absolute Gasteiger partial charge is 0.494 e. The molecule has 0 atom stereocenters. The molecule has 0 spiro atoms. The maximum absolute atomic E-state index is 12.5. The van der Waals surface area contributed by atoms with Crippen molar-refractivity contribution in [1.29, 1.82) is 0 Å². The maximum atomic E-state index is 12.5. The van der Waals surface area contributed by atoms with Gasteiger partial charge in [-0.1, -0.05) is 22.0 Å². The molecule has 2 amide bonds. The Kier molecular flexibility index (Phi) is 9.58. The van der Waals surface area contributed by atoms with Gasteiger partial charge in [-0.2, -0.15) is 5.10 Å². The fraction of sp³-hybridized carbons (Fsp3) is 0.154. The molecule has 0 unspecified atom stereocenters. The zero-order chi connectivity index (χ0) is 25.9. The number of nitrogens with one attached hydrogen (secondary N) is 2. The number of carbonyl (C=O) groups excluding carboxylic acids is 3. The minimum absolute atomic E-state index is 0.229. The van der Waals surface area contributed by atoms with E-state index in [1.807, 2.05) is 6.92 Å². The summed E-state index contributed by atoms with van der Waals surface area (Å²) in [5.41, 5.74) is 3.72. The average Bonchev–Trinajstić information content (AvgIpc) is 2.88. The zero-order valence-corrected chi connectivity index (χ0v) is 21.2. The molecule has 0 bridgehead atoms. The second kappa shape index (κ2) is 13.1. The molecular weight excluding hydrogens is 530 g/mol. The number of ether oxygens (including phenoxy) is 3. The van der Waals surface area contributed by atoms with E-state index in [9.17, 15) is 14.4 Å². The standard InChI is InChI=1S/C26H24BrN3O6/c1-3-35-21-10-8-18(9-11-21)26(33)36-22-12-7-17(13-23(22)34-2)15-29-30-24(31)16-28-25(32)19-5-4-6-20(27)14-19/h4-15H,3,16H2,1-2H3,(H,28,32)(H,30,31)/b29-15+. The summed E-state index contributed by atoms with van der Waals surface area (Å²) in [6, 6.07) is 18.2. The first kappa shape index (κ1) is 26.4. The van der Waals surface area contributed by atoms with Gasteiger partial charge in [0.15, 0.2) is 11.5 Å². The van der Waals surface area contributed by atoms with Crippen molar-refractivity contribution in [3.63, 3.8) is 0 Å². The van der Waals surface area contributed by atoms with E-state index < -0.39 is 11.9 Å². The molecule has 3 rings (SSSR count). The topological polar surface area (TPSA) is 115 Å². The number of methoxy groups -OCH3 is 1. The van der Waals surface area contributed by atoms with Gasteiger partial charge in [0.05, 0.1) is 32.0 Å². The van der Waals surface area contributed by atoms with Crippen molar-refractivity contribution in [2.24, 2.45) is 5.10 Å². The van der Waals surface area contributed by atoms with Crippen LogP contribution in [0.15, 0.2) is 76.3 Å². The molecule has 0 radical (unpaired) electrons. The van der Waals surface area contributed by atoms with Crippen LogP contribution in [-0.2, 0) is 4.79 Å². The lowest BCUT2D eigenvalue weighted by atomic mass is 10.2. The van der Waals surface area contributed by atoms with E-state index in [-0.39, 0.29) is 18.2 Å². The van der Waals surface area contributed by atoms with Gasteiger partial charge < -0.3 is 19.5 Å². The van der Waals surface area contributed by atoms with Crippen molar-refractivity contribution in [2.45, 2.75) is 6.92 Å². The van der Waals surface area contributed by atoms with Crippen LogP contribution in [0.2, 0.25) is 0 Å². The summed E-state index contributed by atoms with van der Waals surface area (Å²) in [7, 11) is 1.44. The van der Waals surface area contributed by atoms with Crippen LogP contribution in [-0.4, -0.2) is 44.3 Å². The average molecular weight is 554 g/mol. The van der Waals surface area contributed by atoms with Crippen molar-refractivity contribution < 1.29 is 28.6 Å². The lowest BCUT2D eigenvalue weighted by molar-refractivity contribution is -0.120. The third-order valence-electron chi connectivity index (χ3n) is 4.69. The summed E-state index contributed by atoms with van der Waals surface area (Å²) in [5, 5.41) is 6.40. The van der Waals surface area contributed by atoms with Crippen LogP contribution in [0, 0.1) is 0 Å². The van der Waals surface area contributed by atoms with Crippen LogP contribution in [0.25, 0.3) is 0 Å². The lowest BCUT2D eigenvalue weighted by Crippen LogP contribution is -2.34. The fourth-order valence-electron chi connectivity index (χ4n) is 2.97. The predicted octanol–water partition coefficient (Wildman–Crippen LogP) is 3.96. The SMILES string of the molecule is CCOc1ccc(C(=O)Oc2ccc(/C=N/NC(=O)CNC(=O)c3cccc(Br)c3)cc2OC)cc1. The Hall–Kier alpha value is -4.18. The molecule has 0 saturated heterocycles. The van der Waals surface area contributed by atoms with Crippen molar-refractivity contribution in [3.05, 3.63) is 87.9 Å². The van der Waals surface area contributed by atoms with Crippen molar-refractivity contribution >= 4 is 39.9 Å². The Morgan fingerprint density at radius 2 is 1.75 bits per heavy atom. The summed E-state index contributed by atoms with van der Waals surface area (Å²) in [6.07, 6.45) is 1.40. The second-order valence-corrected chi connectivity index (χ2v) is 8.16. The number of hydrazone groups is 1. The third-order valence-corrected chi connectivity index (χ3v) is 5.18. The van der Waals surface area contributed by atoms with Gasteiger partial charge in [-0.25, -0.2) is 10.2 Å². The molecule has 0 fully saturated rings. The van der Waals surface area contributed by atoms with Crippen molar-refractivity contribution in [2.75, 3.05) is 20.3 Å². The van der Waals surface area contributed by atoms with Crippen LogP contribution in [0.4, 0.5) is 0 Å². The molecule has 0 aliphatic heterocycles. The van der Waals surface area contributed by atoms with Gasteiger partial charge in [0, 0.05) is 10.0 Å². The van der Waals surface area contributed by atoms with E-state index in [2.05, 4.69) is 31.8 Å². The van der Waals surface area contributed by atoms with E-state index >= 15 is 0 Å². The molecule has 0 heterocycles. The zero-order valence-electron chi connectivity index (χ0n) is 19.6. The smallest absolute Gasteiger partial charge is 0.343 e. The predicted molar refractivity (Wildman–Crippen MR) is 138 cm³/mol. The van der Waals surface area contributed by atoms with Crippen LogP contribution >= 0.6 is 15.9 Å². The van der Waals surface area contributed by atoms with Gasteiger partial charge in [-0.05, 0) is 73.2 Å². The molecule has 3 aromatic rings. The van der Waals surface area contributed by atoms with E-state index in [1.54, 1.807) is 66.7 Å². The molecule has 10 heteroatoms. The van der Waals surface area contributed by atoms with Gasteiger partial charge >= 0.3 is 5.97 Å². The summed E-state index contributed by atoms with van der Waals surface area (Å²) in [4.78, 5) is 36.6. The number of hydrogen-bond donors (Lipinski definition) is 2. The monoisotopic (exact) mass is 553 g/mol. The molecule has 0 aliphatic rings. The highest BCUT2D eigenvalue weighted by Crippen LogP contribution is 2.28. The van der Waals surface area contributed by atoms with Gasteiger partial charge in [-0.15, -0.1) is 0 Å². The molecule has 0 aromatic heterocycles. The highest BCUT2D eigenvalue weighted by Gasteiger charge is 2.13. The summed E-state index contributed by atoms with van der Waals surface area (Å²) in [6.45, 7) is 2.17. The Bertz CT molecular complexity index is 1260. The molecular formula is C26H24BrN3O6. The van der Waals surface area contributed by atoms with E-state index in [1.165, 1.54) is 13.3 Å². The van der Waals surface area contributed by atoms with Crippen LogP contribution in [0.1, 0.15) is 33.2 Å². The summed E-state index contributed by atoms with van der Waals surface area (Å²) < 4.78 is 16.9. The van der Waals surface area contributed by atoms with Gasteiger partial charge in [0.1, 0.15) is 5.75 Å². The molecule has 0 aliphatic carbocycles. The van der Waals surface area contributed by atoms with Crippen LogP contribution in [0.5, 0.6) is 17.2 Å². The lowest BCUT2D eigenvalue weighted by Gasteiger charge is -2.10. The number of benzene rings is 3. The van der Waals surface area contributed by atoms with E-state index in [0.29, 0.717) is 34.8 Å². The first-order valence-corrected chi connectivity index (χ1v) is 11.7. The molecule has 2 N–H and O–H groups in total. The number of halogens is 1. The number of amides is 2. The molecule has 9 nitrogen and oxygen atoms in total. The number of rotatable bonds is 10.